The molecule has 0 aliphatic carbocycles. The fourth-order valence-electron chi connectivity index (χ4n) is 3.43. The molecule has 0 radical (unpaired) electrons. The van der Waals surface area contributed by atoms with Gasteiger partial charge in [-0.05, 0) is 19.9 Å². The molecule has 3 N–H and O–H groups in total. The van der Waals surface area contributed by atoms with Crippen molar-refractivity contribution < 1.29 is 28.6 Å². The number of carbonyl (C=O) groups is 2. The summed E-state index contributed by atoms with van der Waals surface area (Å²) in [6.45, 7) is 2.97. The van der Waals surface area contributed by atoms with E-state index in [4.69, 9.17) is 0 Å². The average Bonchev–Trinajstić information content (AvgIpc) is 2.78. The number of aliphatic hydroxyl groups excluding tert-OH is 1. The van der Waals surface area contributed by atoms with E-state index in [2.05, 4.69) is 5.32 Å². The van der Waals surface area contributed by atoms with Gasteiger partial charge in [-0.1, -0.05) is 6.07 Å². The second kappa shape index (κ2) is 8.23. The third-order valence-corrected chi connectivity index (χ3v) is 4.91. The lowest BCUT2D eigenvalue weighted by atomic mass is 10.1. The minimum absolute atomic E-state index is 0.00618. The lowest BCUT2D eigenvalue weighted by Crippen LogP contribution is -2.45. The molecule has 1 aliphatic rings. The van der Waals surface area contributed by atoms with E-state index in [0.717, 1.165) is 18.3 Å². The van der Waals surface area contributed by atoms with Crippen LogP contribution in [0.25, 0.3) is 0 Å². The van der Waals surface area contributed by atoms with Gasteiger partial charge >= 0.3 is 0 Å². The van der Waals surface area contributed by atoms with Gasteiger partial charge in [-0.3, -0.25) is 14.4 Å². The molecule has 2 amide bonds. The number of nitrogens with one attached hydrogen (secondary N) is 1. The fraction of sp³-hybridized carbons (Fsp3) is 0.350. The first-order valence-electron chi connectivity index (χ1n) is 9.26. The number of aromatic nitrogens is 1. The molecular weight excluding hydrogens is 400 g/mol. The third-order valence-electron chi connectivity index (χ3n) is 4.91. The molecule has 1 aromatic carbocycles. The molecule has 1 aliphatic heterocycles. The van der Waals surface area contributed by atoms with Crippen molar-refractivity contribution in [2.75, 3.05) is 0 Å². The monoisotopic (exact) mass is 421 g/mol. The normalized spacial score (nSPS) is 16.4. The van der Waals surface area contributed by atoms with Gasteiger partial charge in [-0.15, -0.1) is 0 Å². The van der Waals surface area contributed by atoms with Crippen LogP contribution in [0.3, 0.4) is 0 Å². The minimum Gasteiger partial charge on any atom is -0.503 e. The number of fused-ring (bicyclic) bond motifs is 1. The maximum atomic E-state index is 13.7. The highest BCUT2D eigenvalue weighted by atomic mass is 19.1. The van der Waals surface area contributed by atoms with Crippen molar-refractivity contribution in [1.82, 2.24) is 14.8 Å². The second-order valence-electron chi connectivity index (χ2n) is 7.29. The van der Waals surface area contributed by atoms with E-state index >= 15 is 0 Å². The Kier molecular flexibility index (Phi) is 5.88. The number of rotatable bonds is 4. The maximum Gasteiger partial charge on any atom is 0.257 e. The Labute approximate surface area is 170 Å². The van der Waals surface area contributed by atoms with Crippen LogP contribution in [-0.4, -0.2) is 43.8 Å². The van der Waals surface area contributed by atoms with Crippen molar-refractivity contribution in [1.29, 1.82) is 0 Å². The molecule has 0 saturated carbocycles. The highest BCUT2D eigenvalue weighted by molar-refractivity contribution is 5.94. The SMILES string of the molecule is CC(C)N1C(=O)Cc2c(O)c(=O)c(C(=O)NCc3ccc(F)cc3F)cn2CC1O. The first-order chi connectivity index (χ1) is 14.1. The Hall–Kier alpha value is -3.27. The quantitative estimate of drug-likeness (QED) is 0.679. The first-order valence-corrected chi connectivity index (χ1v) is 9.26. The lowest BCUT2D eigenvalue weighted by molar-refractivity contribution is -0.143. The van der Waals surface area contributed by atoms with Crippen LogP contribution in [0.5, 0.6) is 5.75 Å². The molecule has 2 heterocycles. The summed E-state index contributed by atoms with van der Waals surface area (Å²) >= 11 is 0. The molecule has 0 saturated heterocycles. The molecule has 0 spiro atoms. The standard InChI is InChI=1S/C20H21F2N3O5/c1-10(2)25-16(26)6-15-19(29)18(28)13(8-24(15)9-17(25)27)20(30)23-7-11-3-4-12(21)5-14(11)22/h3-5,8,10,17,27,29H,6-7,9H2,1-2H3,(H,23,30). The largest absolute Gasteiger partial charge is 0.503 e. The van der Waals surface area contributed by atoms with Gasteiger partial charge in [0.05, 0.1) is 18.7 Å². The summed E-state index contributed by atoms with van der Waals surface area (Å²) in [6.07, 6.45) is -0.391. The van der Waals surface area contributed by atoms with Crippen molar-refractivity contribution in [3.63, 3.8) is 0 Å². The van der Waals surface area contributed by atoms with Crippen LogP contribution >= 0.6 is 0 Å². The van der Waals surface area contributed by atoms with Crippen LogP contribution in [0, 0.1) is 11.6 Å². The Morgan fingerprint density at radius 2 is 2.00 bits per heavy atom. The number of nitrogens with zero attached hydrogens (tertiary/aromatic N) is 2. The predicted molar refractivity (Wildman–Crippen MR) is 102 cm³/mol. The Bertz CT molecular complexity index is 1070. The zero-order valence-electron chi connectivity index (χ0n) is 16.4. The molecule has 0 fully saturated rings. The number of aromatic hydroxyl groups is 1. The van der Waals surface area contributed by atoms with Crippen molar-refractivity contribution in [3.05, 3.63) is 63.1 Å². The first kappa shape index (κ1) is 21.4. The van der Waals surface area contributed by atoms with E-state index in [0.29, 0.717) is 6.07 Å². The van der Waals surface area contributed by atoms with Gasteiger partial charge in [-0.2, -0.15) is 0 Å². The third kappa shape index (κ3) is 4.04. The highest BCUT2D eigenvalue weighted by Crippen LogP contribution is 2.22. The van der Waals surface area contributed by atoms with Crippen LogP contribution in [0.15, 0.2) is 29.2 Å². The van der Waals surface area contributed by atoms with Crippen molar-refractivity contribution >= 4 is 11.8 Å². The van der Waals surface area contributed by atoms with E-state index in [-0.39, 0.29) is 36.8 Å². The van der Waals surface area contributed by atoms with Crippen LogP contribution in [0.1, 0.15) is 35.5 Å². The molecule has 3 rings (SSSR count). The van der Waals surface area contributed by atoms with E-state index in [1.807, 2.05) is 0 Å². The molecule has 2 aromatic rings. The number of benzene rings is 1. The van der Waals surface area contributed by atoms with E-state index in [9.17, 15) is 33.4 Å². The number of hydrogen-bond acceptors (Lipinski definition) is 5. The van der Waals surface area contributed by atoms with Gasteiger partial charge in [0.25, 0.3) is 5.91 Å². The van der Waals surface area contributed by atoms with Gasteiger partial charge in [0.1, 0.15) is 23.4 Å². The van der Waals surface area contributed by atoms with Crippen molar-refractivity contribution in [3.8, 4) is 5.75 Å². The summed E-state index contributed by atoms with van der Waals surface area (Å²) < 4.78 is 28.0. The van der Waals surface area contributed by atoms with Gasteiger partial charge in [0.2, 0.25) is 11.3 Å². The van der Waals surface area contributed by atoms with Gasteiger partial charge < -0.3 is 25.0 Å². The summed E-state index contributed by atoms with van der Waals surface area (Å²) in [5.41, 5.74) is -1.42. The summed E-state index contributed by atoms with van der Waals surface area (Å²) in [5, 5.41) is 23.0. The minimum atomic E-state index is -1.22. The van der Waals surface area contributed by atoms with Crippen LogP contribution in [-0.2, 0) is 24.3 Å². The molecule has 160 valence electrons. The Morgan fingerprint density at radius 1 is 1.30 bits per heavy atom. The van der Waals surface area contributed by atoms with Crippen LogP contribution in [0.2, 0.25) is 0 Å². The summed E-state index contributed by atoms with van der Waals surface area (Å²) in [7, 11) is 0. The van der Waals surface area contributed by atoms with Crippen LogP contribution in [0.4, 0.5) is 8.78 Å². The van der Waals surface area contributed by atoms with E-state index in [1.165, 1.54) is 9.47 Å². The zero-order chi connectivity index (χ0) is 22.2. The van der Waals surface area contributed by atoms with Crippen LogP contribution < -0.4 is 10.7 Å². The summed E-state index contributed by atoms with van der Waals surface area (Å²) in [5.74, 6) is -3.74. The molecular formula is C20H21F2N3O5. The predicted octanol–water partition coefficient (Wildman–Crippen LogP) is 0.874. The number of amides is 2. The topological polar surface area (TPSA) is 112 Å². The van der Waals surface area contributed by atoms with E-state index in [1.54, 1.807) is 13.8 Å². The highest BCUT2D eigenvalue weighted by Gasteiger charge is 2.32. The smallest absolute Gasteiger partial charge is 0.257 e. The summed E-state index contributed by atoms with van der Waals surface area (Å²) in [4.78, 5) is 38.6. The molecule has 1 unspecified atom stereocenters. The maximum absolute atomic E-state index is 13.7. The lowest BCUT2D eigenvalue weighted by Gasteiger charge is -2.29. The molecule has 0 bridgehead atoms. The van der Waals surface area contributed by atoms with E-state index < -0.39 is 46.4 Å². The Morgan fingerprint density at radius 3 is 2.63 bits per heavy atom. The number of hydrogen-bond donors (Lipinski definition) is 3. The number of aliphatic hydroxyl groups is 1. The second-order valence-corrected chi connectivity index (χ2v) is 7.29. The molecule has 30 heavy (non-hydrogen) atoms. The molecule has 1 atom stereocenters. The molecule has 10 heteroatoms. The van der Waals surface area contributed by atoms with Gasteiger partial charge in [0.15, 0.2) is 5.75 Å². The number of pyridine rings is 1. The molecule has 1 aromatic heterocycles. The average molecular weight is 421 g/mol. The van der Waals surface area contributed by atoms with Crippen molar-refractivity contribution in [2.24, 2.45) is 0 Å². The zero-order valence-corrected chi connectivity index (χ0v) is 16.4. The van der Waals surface area contributed by atoms with Crippen molar-refractivity contribution in [2.45, 2.75) is 45.6 Å². The summed E-state index contributed by atoms with van der Waals surface area (Å²) in [6, 6.07) is 2.55. The number of carbonyl (C=O) groups excluding carboxylic acids is 2. The molecule has 8 nitrogen and oxygen atoms in total. The Balaban J connectivity index is 1.90. The van der Waals surface area contributed by atoms with Gasteiger partial charge in [-0.25, -0.2) is 8.78 Å². The van der Waals surface area contributed by atoms with Gasteiger partial charge in [0, 0.05) is 30.4 Å². The number of halogens is 2. The fourth-order valence-corrected chi connectivity index (χ4v) is 3.43.